The summed E-state index contributed by atoms with van der Waals surface area (Å²) in [6, 6.07) is 12.0. The number of non-ortho nitro benzene ring substituents is 1. The molecule has 3 rings (SSSR count). The Morgan fingerprint density at radius 2 is 1.83 bits per heavy atom. The van der Waals surface area contributed by atoms with E-state index in [-0.39, 0.29) is 16.5 Å². The van der Waals surface area contributed by atoms with E-state index >= 15 is 0 Å². The van der Waals surface area contributed by atoms with Crippen molar-refractivity contribution in [2.45, 2.75) is 37.1 Å². The third-order valence-electron chi connectivity index (χ3n) is 4.99. The lowest BCUT2D eigenvalue weighted by Crippen LogP contribution is -2.46. The zero-order valence-electron chi connectivity index (χ0n) is 16.1. The van der Waals surface area contributed by atoms with Crippen LogP contribution >= 0.6 is 0 Å². The van der Waals surface area contributed by atoms with E-state index in [4.69, 9.17) is 0 Å². The number of benzene rings is 2. The van der Waals surface area contributed by atoms with Gasteiger partial charge in [0, 0.05) is 25.2 Å². The van der Waals surface area contributed by atoms with Gasteiger partial charge in [0.15, 0.2) is 0 Å². The maximum atomic E-state index is 12.9. The molecular weight excluding hydrogens is 394 g/mol. The van der Waals surface area contributed by atoms with Crippen molar-refractivity contribution in [2.24, 2.45) is 0 Å². The van der Waals surface area contributed by atoms with E-state index in [1.54, 1.807) is 36.4 Å². The van der Waals surface area contributed by atoms with E-state index in [9.17, 15) is 23.3 Å². The van der Waals surface area contributed by atoms with Gasteiger partial charge in [-0.1, -0.05) is 29.8 Å². The van der Waals surface area contributed by atoms with Crippen LogP contribution in [0.1, 0.15) is 24.0 Å². The third-order valence-corrected chi connectivity index (χ3v) is 6.92. The van der Waals surface area contributed by atoms with Gasteiger partial charge in [0.1, 0.15) is 6.04 Å². The van der Waals surface area contributed by atoms with Crippen molar-refractivity contribution >= 4 is 21.6 Å². The van der Waals surface area contributed by atoms with Gasteiger partial charge in [-0.05, 0) is 43.9 Å². The fourth-order valence-corrected chi connectivity index (χ4v) is 5.02. The zero-order chi connectivity index (χ0) is 21.0. The predicted octanol–water partition coefficient (Wildman–Crippen LogP) is 2.42. The van der Waals surface area contributed by atoms with Crippen LogP contribution in [0.4, 0.5) is 5.69 Å². The molecule has 0 unspecified atom stereocenters. The van der Waals surface area contributed by atoms with E-state index in [0.717, 1.165) is 11.1 Å². The van der Waals surface area contributed by atoms with Crippen LogP contribution in [-0.2, 0) is 21.2 Å². The topological polar surface area (TPSA) is 110 Å². The van der Waals surface area contributed by atoms with Crippen molar-refractivity contribution in [2.75, 3.05) is 13.1 Å². The standard InChI is InChI=1S/C20H23N3O5S/c1-15-4-10-18(11-5-15)29(27,28)22-14-2-3-19(22)20(24)21-13-12-16-6-8-17(9-7-16)23(25)26/h4-11,19H,2-3,12-14H2,1H3,(H,21,24)/t19-/m0/s1. The fourth-order valence-electron chi connectivity index (χ4n) is 3.37. The highest BCUT2D eigenvalue weighted by molar-refractivity contribution is 7.89. The number of amides is 1. The largest absolute Gasteiger partial charge is 0.354 e. The van der Waals surface area contributed by atoms with Gasteiger partial charge in [0.2, 0.25) is 15.9 Å². The minimum absolute atomic E-state index is 0.0145. The van der Waals surface area contributed by atoms with Gasteiger partial charge < -0.3 is 5.32 Å². The van der Waals surface area contributed by atoms with Crippen LogP contribution in [0.25, 0.3) is 0 Å². The van der Waals surface area contributed by atoms with E-state index in [2.05, 4.69) is 5.32 Å². The van der Waals surface area contributed by atoms with Crippen molar-refractivity contribution in [1.29, 1.82) is 0 Å². The molecule has 1 atom stereocenters. The first-order chi connectivity index (χ1) is 13.8. The molecule has 8 nitrogen and oxygen atoms in total. The third kappa shape index (κ3) is 4.80. The van der Waals surface area contributed by atoms with Gasteiger partial charge >= 0.3 is 0 Å². The molecule has 1 fully saturated rings. The molecule has 1 amide bonds. The number of nitrogens with one attached hydrogen (secondary N) is 1. The number of hydrogen-bond acceptors (Lipinski definition) is 5. The molecule has 29 heavy (non-hydrogen) atoms. The summed E-state index contributed by atoms with van der Waals surface area (Å²) >= 11 is 0. The fraction of sp³-hybridized carbons (Fsp3) is 0.350. The highest BCUT2D eigenvalue weighted by atomic mass is 32.2. The lowest BCUT2D eigenvalue weighted by molar-refractivity contribution is -0.384. The Balaban J connectivity index is 1.61. The first kappa shape index (κ1) is 20.9. The van der Waals surface area contributed by atoms with Crippen molar-refractivity contribution in [3.63, 3.8) is 0 Å². The van der Waals surface area contributed by atoms with Gasteiger partial charge in [-0.3, -0.25) is 14.9 Å². The molecule has 1 N–H and O–H groups in total. The summed E-state index contributed by atoms with van der Waals surface area (Å²) in [5.41, 5.74) is 1.83. The molecule has 2 aromatic rings. The number of hydrogen-bond donors (Lipinski definition) is 1. The van der Waals surface area contributed by atoms with Crippen molar-refractivity contribution in [1.82, 2.24) is 9.62 Å². The molecule has 1 heterocycles. The monoisotopic (exact) mass is 417 g/mol. The van der Waals surface area contributed by atoms with Gasteiger partial charge in [-0.25, -0.2) is 8.42 Å². The molecule has 0 aliphatic carbocycles. The molecule has 1 saturated heterocycles. The molecule has 1 aliphatic rings. The van der Waals surface area contributed by atoms with Crippen LogP contribution in [0, 0.1) is 17.0 Å². The number of carbonyl (C=O) groups excluding carboxylic acids is 1. The summed E-state index contributed by atoms with van der Waals surface area (Å²) in [6.07, 6.45) is 1.61. The number of nitrogens with zero attached hydrogens (tertiary/aromatic N) is 2. The quantitative estimate of drug-likeness (QED) is 0.550. The highest BCUT2D eigenvalue weighted by Gasteiger charge is 2.39. The molecule has 0 bridgehead atoms. The summed E-state index contributed by atoms with van der Waals surface area (Å²) in [6.45, 7) is 2.52. The molecule has 9 heteroatoms. The Kier molecular flexibility index (Phi) is 6.29. The van der Waals surface area contributed by atoms with Crippen LogP contribution in [0.3, 0.4) is 0 Å². The SMILES string of the molecule is Cc1ccc(S(=O)(=O)N2CCC[C@H]2C(=O)NCCc2ccc([N+](=O)[O-])cc2)cc1. The Bertz CT molecular complexity index is 988. The number of nitro groups is 1. The smallest absolute Gasteiger partial charge is 0.269 e. The molecule has 0 saturated carbocycles. The second-order valence-corrected chi connectivity index (χ2v) is 8.94. The van der Waals surface area contributed by atoms with Crippen molar-refractivity contribution in [3.05, 3.63) is 69.8 Å². The van der Waals surface area contributed by atoms with Gasteiger partial charge in [-0.2, -0.15) is 4.31 Å². The molecule has 154 valence electrons. The summed E-state index contributed by atoms with van der Waals surface area (Å²) in [7, 11) is -3.73. The molecule has 1 aliphatic heterocycles. The van der Waals surface area contributed by atoms with Crippen LogP contribution in [0.15, 0.2) is 53.4 Å². The lowest BCUT2D eigenvalue weighted by Gasteiger charge is -2.23. The van der Waals surface area contributed by atoms with Crippen LogP contribution in [0.2, 0.25) is 0 Å². The van der Waals surface area contributed by atoms with Crippen LogP contribution < -0.4 is 5.32 Å². The number of rotatable bonds is 7. The van der Waals surface area contributed by atoms with Gasteiger partial charge in [0.05, 0.1) is 9.82 Å². The minimum atomic E-state index is -3.73. The number of sulfonamides is 1. The zero-order valence-corrected chi connectivity index (χ0v) is 16.9. The minimum Gasteiger partial charge on any atom is -0.354 e. The molecular formula is C20H23N3O5S. The summed E-state index contributed by atoms with van der Waals surface area (Å²) in [5.74, 6) is -0.319. The van der Waals surface area contributed by atoms with Crippen LogP contribution in [0.5, 0.6) is 0 Å². The van der Waals surface area contributed by atoms with Crippen LogP contribution in [-0.4, -0.2) is 42.7 Å². The van der Waals surface area contributed by atoms with Crippen molar-refractivity contribution in [3.8, 4) is 0 Å². The first-order valence-electron chi connectivity index (χ1n) is 9.38. The summed E-state index contributed by atoms with van der Waals surface area (Å²) in [5, 5.41) is 13.5. The lowest BCUT2D eigenvalue weighted by atomic mass is 10.1. The highest BCUT2D eigenvalue weighted by Crippen LogP contribution is 2.26. The first-order valence-corrected chi connectivity index (χ1v) is 10.8. The normalized spacial score (nSPS) is 17.2. The van der Waals surface area contributed by atoms with Crippen molar-refractivity contribution < 1.29 is 18.1 Å². The maximum Gasteiger partial charge on any atom is 0.269 e. The second kappa shape index (κ2) is 8.71. The average Bonchev–Trinajstić information content (AvgIpc) is 3.19. The summed E-state index contributed by atoms with van der Waals surface area (Å²) in [4.78, 5) is 23.0. The Morgan fingerprint density at radius 3 is 2.45 bits per heavy atom. The molecule has 0 radical (unpaired) electrons. The Hall–Kier alpha value is -2.78. The van der Waals surface area contributed by atoms with E-state index in [1.807, 2.05) is 6.92 Å². The predicted molar refractivity (Wildman–Crippen MR) is 108 cm³/mol. The number of carbonyl (C=O) groups is 1. The molecule has 0 aromatic heterocycles. The van der Waals surface area contributed by atoms with E-state index in [1.165, 1.54) is 16.4 Å². The van der Waals surface area contributed by atoms with E-state index < -0.39 is 21.0 Å². The number of nitro benzene ring substituents is 1. The summed E-state index contributed by atoms with van der Waals surface area (Å²) < 4.78 is 27.1. The van der Waals surface area contributed by atoms with E-state index in [0.29, 0.717) is 32.4 Å². The number of aryl methyl sites for hydroxylation is 1. The maximum absolute atomic E-state index is 12.9. The molecule has 0 spiro atoms. The average molecular weight is 417 g/mol. The second-order valence-electron chi connectivity index (χ2n) is 7.05. The Labute approximate surface area is 169 Å². The Morgan fingerprint density at radius 1 is 1.17 bits per heavy atom. The van der Waals surface area contributed by atoms with Gasteiger partial charge in [-0.15, -0.1) is 0 Å². The van der Waals surface area contributed by atoms with Gasteiger partial charge in [0.25, 0.3) is 5.69 Å². The molecule has 2 aromatic carbocycles.